The number of hydrogen-bond donors (Lipinski definition) is 0. The minimum atomic E-state index is -0.486. The first-order valence-electron chi connectivity index (χ1n) is 5.55. The summed E-state index contributed by atoms with van der Waals surface area (Å²) in [5, 5.41) is 11.4. The molecule has 7 heteroatoms. The number of halogens is 2. The van der Waals surface area contributed by atoms with Crippen molar-refractivity contribution in [2.24, 2.45) is 0 Å². The predicted octanol–water partition coefficient (Wildman–Crippen LogP) is 3.84. The molecule has 1 aromatic carbocycles. The molecule has 1 aliphatic rings. The van der Waals surface area contributed by atoms with Crippen LogP contribution < -0.4 is 4.90 Å². The van der Waals surface area contributed by atoms with Crippen LogP contribution in [0.4, 0.5) is 11.4 Å². The maximum atomic E-state index is 10.7. The molecule has 4 nitrogen and oxygen atoms in total. The van der Waals surface area contributed by atoms with Crippen molar-refractivity contribution in [2.45, 2.75) is 6.42 Å². The second-order valence-electron chi connectivity index (χ2n) is 3.97. The van der Waals surface area contributed by atoms with Crippen LogP contribution in [0.15, 0.2) is 12.1 Å². The fourth-order valence-electron chi connectivity index (χ4n) is 1.93. The molecule has 1 saturated heterocycles. The highest BCUT2D eigenvalue weighted by atomic mass is 35.5. The number of hydrogen-bond acceptors (Lipinski definition) is 4. The highest BCUT2D eigenvalue weighted by molar-refractivity contribution is 7.99. The second kappa shape index (κ2) is 5.99. The van der Waals surface area contributed by atoms with E-state index in [4.69, 9.17) is 23.2 Å². The molecular weight excluding hydrogens is 295 g/mol. The molecule has 0 atom stereocenters. The van der Waals surface area contributed by atoms with Crippen molar-refractivity contribution in [3.63, 3.8) is 0 Å². The van der Waals surface area contributed by atoms with E-state index in [1.807, 2.05) is 11.8 Å². The van der Waals surface area contributed by atoms with Crippen molar-refractivity contribution in [1.29, 1.82) is 0 Å². The zero-order valence-electron chi connectivity index (χ0n) is 9.57. The third-order valence-electron chi connectivity index (χ3n) is 2.75. The molecule has 1 aromatic rings. The first-order chi connectivity index (χ1) is 8.59. The van der Waals surface area contributed by atoms with Crippen molar-refractivity contribution >= 4 is 46.3 Å². The van der Waals surface area contributed by atoms with Crippen LogP contribution in [-0.4, -0.2) is 29.5 Å². The van der Waals surface area contributed by atoms with E-state index in [0.29, 0.717) is 15.7 Å². The van der Waals surface area contributed by atoms with E-state index in [0.717, 1.165) is 31.0 Å². The van der Waals surface area contributed by atoms with Gasteiger partial charge in [0.25, 0.3) is 5.69 Å². The summed E-state index contributed by atoms with van der Waals surface area (Å²) in [6.45, 7) is 1.74. The summed E-state index contributed by atoms with van der Waals surface area (Å²) in [4.78, 5) is 12.3. The maximum Gasteiger partial charge on any atom is 0.272 e. The topological polar surface area (TPSA) is 46.4 Å². The van der Waals surface area contributed by atoms with E-state index in [2.05, 4.69) is 4.90 Å². The molecule has 0 unspecified atom stereocenters. The SMILES string of the molecule is O=[N+]([O-])c1cc(Cl)c(N2CCCSCC2)c(Cl)c1. The average Bonchev–Trinajstić information content (AvgIpc) is 2.57. The van der Waals surface area contributed by atoms with Crippen LogP contribution in [0.1, 0.15) is 6.42 Å². The Kier molecular flexibility index (Phi) is 4.59. The van der Waals surface area contributed by atoms with Gasteiger partial charge in [0.05, 0.1) is 20.7 Å². The van der Waals surface area contributed by atoms with Gasteiger partial charge < -0.3 is 4.90 Å². The number of nitro benzene ring substituents is 1. The fourth-order valence-corrected chi connectivity index (χ4v) is 3.53. The average molecular weight is 307 g/mol. The standard InChI is InChI=1S/C11H12Cl2N2O2S/c12-9-6-8(15(16)17)7-10(13)11(9)14-2-1-4-18-5-3-14/h6-7H,1-5H2. The predicted molar refractivity (Wildman–Crippen MR) is 77.3 cm³/mol. The lowest BCUT2D eigenvalue weighted by Crippen LogP contribution is -2.26. The summed E-state index contributed by atoms with van der Waals surface area (Å²) in [6, 6.07) is 2.72. The van der Waals surface area contributed by atoms with Gasteiger partial charge in [0, 0.05) is 31.0 Å². The van der Waals surface area contributed by atoms with E-state index in [1.165, 1.54) is 12.1 Å². The Morgan fingerprint density at radius 3 is 2.50 bits per heavy atom. The summed E-state index contributed by atoms with van der Waals surface area (Å²) in [7, 11) is 0. The van der Waals surface area contributed by atoms with Gasteiger partial charge in [-0.15, -0.1) is 0 Å². The van der Waals surface area contributed by atoms with E-state index < -0.39 is 4.92 Å². The molecule has 1 heterocycles. The molecule has 1 fully saturated rings. The third kappa shape index (κ3) is 3.02. The number of nitrogens with zero attached hydrogens (tertiary/aromatic N) is 2. The molecule has 2 rings (SSSR count). The minimum absolute atomic E-state index is 0.0713. The van der Waals surface area contributed by atoms with Crippen LogP contribution in [0.3, 0.4) is 0 Å². The quantitative estimate of drug-likeness (QED) is 0.615. The summed E-state index contributed by atoms with van der Waals surface area (Å²) in [6.07, 6.45) is 1.06. The molecule has 0 amide bonds. The Labute approximate surface area is 119 Å². The van der Waals surface area contributed by atoms with Crippen molar-refractivity contribution in [1.82, 2.24) is 0 Å². The van der Waals surface area contributed by atoms with Gasteiger partial charge in [-0.1, -0.05) is 23.2 Å². The monoisotopic (exact) mass is 306 g/mol. The highest BCUT2D eigenvalue weighted by Gasteiger charge is 2.20. The zero-order valence-corrected chi connectivity index (χ0v) is 11.9. The van der Waals surface area contributed by atoms with Gasteiger partial charge in [-0.3, -0.25) is 10.1 Å². The summed E-state index contributed by atoms with van der Waals surface area (Å²) >= 11 is 14.2. The highest BCUT2D eigenvalue weighted by Crippen LogP contribution is 2.38. The van der Waals surface area contributed by atoms with E-state index >= 15 is 0 Å². The molecule has 0 radical (unpaired) electrons. The van der Waals surface area contributed by atoms with Gasteiger partial charge >= 0.3 is 0 Å². The Morgan fingerprint density at radius 2 is 1.89 bits per heavy atom. The smallest absolute Gasteiger partial charge is 0.272 e. The van der Waals surface area contributed by atoms with E-state index in [1.54, 1.807) is 0 Å². The number of rotatable bonds is 2. The van der Waals surface area contributed by atoms with Gasteiger partial charge in [0.2, 0.25) is 0 Å². The van der Waals surface area contributed by atoms with Crippen LogP contribution in [0.25, 0.3) is 0 Å². The third-order valence-corrected chi connectivity index (χ3v) is 4.38. The minimum Gasteiger partial charge on any atom is -0.368 e. The van der Waals surface area contributed by atoms with Crippen molar-refractivity contribution in [3.05, 3.63) is 32.3 Å². The van der Waals surface area contributed by atoms with Crippen molar-refractivity contribution in [2.75, 3.05) is 29.5 Å². The van der Waals surface area contributed by atoms with Gasteiger partial charge in [-0.05, 0) is 12.2 Å². The van der Waals surface area contributed by atoms with Crippen LogP contribution in [0.5, 0.6) is 0 Å². The van der Waals surface area contributed by atoms with Crippen LogP contribution in [0, 0.1) is 10.1 Å². The molecule has 0 aromatic heterocycles. The van der Waals surface area contributed by atoms with Crippen LogP contribution in [-0.2, 0) is 0 Å². The second-order valence-corrected chi connectivity index (χ2v) is 6.01. The number of thioether (sulfide) groups is 1. The van der Waals surface area contributed by atoms with Gasteiger partial charge in [-0.2, -0.15) is 11.8 Å². The zero-order chi connectivity index (χ0) is 13.1. The number of non-ortho nitro benzene ring substituents is 1. The molecule has 98 valence electrons. The molecule has 0 saturated carbocycles. The molecular formula is C11H12Cl2N2O2S. The molecule has 0 aliphatic carbocycles. The van der Waals surface area contributed by atoms with Gasteiger partial charge in [-0.25, -0.2) is 0 Å². The molecule has 0 N–H and O–H groups in total. The van der Waals surface area contributed by atoms with Crippen molar-refractivity contribution < 1.29 is 4.92 Å². The Bertz CT molecular complexity index is 439. The molecule has 0 bridgehead atoms. The molecule has 0 spiro atoms. The lowest BCUT2D eigenvalue weighted by Gasteiger charge is -2.24. The fraction of sp³-hybridized carbons (Fsp3) is 0.455. The molecule has 1 aliphatic heterocycles. The lowest BCUT2D eigenvalue weighted by atomic mass is 10.2. The number of benzene rings is 1. The lowest BCUT2D eigenvalue weighted by molar-refractivity contribution is -0.384. The number of nitro groups is 1. The van der Waals surface area contributed by atoms with Crippen LogP contribution in [0.2, 0.25) is 10.0 Å². The largest absolute Gasteiger partial charge is 0.368 e. The molecule has 18 heavy (non-hydrogen) atoms. The van der Waals surface area contributed by atoms with Gasteiger partial charge in [0.15, 0.2) is 0 Å². The summed E-state index contributed by atoms with van der Waals surface area (Å²) < 4.78 is 0. The van der Waals surface area contributed by atoms with Gasteiger partial charge in [0.1, 0.15) is 0 Å². The Hall–Kier alpha value is -0.650. The Balaban J connectivity index is 2.34. The summed E-state index contributed by atoms with van der Waals surface area (Å²) in [5.74, 6) is 2.14. The van der Waals surface area contributed by atoms with E-state index in [-0.39, 0.29) is 5.69 Å². The van der Waals surface area contributed by atoms with Crippen LogP contribution >= 0.6 is 35.0 Å². The first-order valence-corrected chi connectivity index (χ1v) is 7.47. The van der Waals surface area contributed by atoms with Crippen molar-refractivity contribution in [3.8, 4) is 0 Å². The van der Waals surface area contributed by atoms with E-state index in [9.17, 15) is 10.1 Å². The normalized spacial score (nSPS) is 16.4. The summed E-state index contributed by atoms with van der Waals surface area (Å²) in [5.41, 5.74) is 0.643. The maximum absolute atomic E-state index is 10.7. The first kappa shape index (κ1) is 13.8. The number of anilines is 1. The Morgan fingerprint density at radius 1 is 1.22 bits per heavy atom.